The zero-order chi connectivity index (χ0) is 22.1. The number of rotatable bonds is 5. The molecule has 5 atom stereocenters. The smallest absolute Gasteiger partial charge is 0.361 e. The highest BCUT2D eigenvalue weighted by atomic mass is 19.3. The Balaban J connectivity index is 1.49. The minimum atomic E-state index is -3.94. The molecule has 3 saturated carbocycles. The van der Waals surface area contributed by atoms with Crippen LogP contribution in [0.2, 0.25) is 0 Å². The minimum absolute atomic E-state index is 0.0631. The van der Waals surface area contributed by atoms with Crippen LogP contribution in [0.25, 0.3) is 0 Å². The predicted molar refractivity (Wildman–Crippen MR) is 97.0 cm³/mol. The van der Waals surface area contributed by atoms with Gasteiger partial charge in [0.15, 0.2) is 6.17 Å². The van der Waals surface area contributed by atoms with Gasteiger partial charge in [0.25, 0.3) is 0 Å². The van der Waals surface area contributed by atoms with Crippen molar-refractivity contribution in [3.8, 4) is 0 Å². The first-order chi connectivity index (χ1) is 14.1. The van der Waals surface area contributed by atoms with E-state index in [1.807, 2.05) is 0 Å². The highest BCUT2D eigenvalue weighted by Crippen LogP contribution is 2.43. The van der Waals surface area contributed by atoms with Crippen molar-refractivity contribution in [3.05, 3.63) is 0 Å². The van der Waals surface area contributed by atoms with E-state index in [9.17, 15) is 31.1 Å². The average Bonchev–Trinajstić information content (AvgIpc) is 2.66. The van der Waals surface area contributed by atoms with Crippen LogP contribution in [0, 0.1) is 17.8 Å². The van der Waals surface area contributed by atoms with Crippen molar-refractivity contribution in [2.24, 2.45) is 17.8 Å². The van der Waals surface area contributed by atoms with Crippen LogP contribution in [0.15, 0.2) is 0 Å². The SMILES string of the molecule is CC1CCC(C(=O)OC2CCC(C(F)(F)OC3CC(F)C(F)C(F)C3)C(F)C2)CC1. The molecule has 0 N–H and O–H groups in total. The summed E-state index contributed by atoms with van der Waals surface area (Å²) < 4.78 is 93.6. The fourth-order valence-electron chi connectivity index (χ4n) is 4.81. The normalized spacial score (nSPS) is 43.2. The van der Waals surface area contributed by atoms with E-state index >= 15 is 0 Å². The van der Waals surface area contributed by atoms with Crippen LogP contribution in [-0.2, 0) is 14.3 Å². The molecule has 30 heavy (non-hydrogen) atoms. The zero-order valence-electron chi connectivity index (χ0n) is 17.1. The van der Waals surface area contributed by atoms with E-state index in [-0.39, 0.29) is 25.2 Å². The number of carbonyl (C=O) groups excluding carboxylic acids is 1. The Morgan fingerprint density at radius 2 is 1.37 bits per heavy atom. The highest BCUT2D eigenvalue weighted by Gasteiger charge is 2.52. The van der Waals surface area contributed by atoms with Crippen molar-refractivity contribution >= 4 is 5.97 Å². The molecule has 3 fully saturated rings. The van der Waals surface area contributed by atoms with Crippen LogP contribution < -0.4 is 0 Å². The number of halogens is 6. The molecule has 0 aromatic heterocycles. The van der Waals surface area contributed by atoms with Gasteiger partial charge in [0.1, 0.15) is 24.6 Å². The first kappa shape index (κ1) is 23.7. The van der Waals surface area contributed by atoms with Gasteiger partial charge in [-0.25, -0.2) is 17.6 Å². The van der Waals surface area contributed by atoms with Crippen LogP contribution in [0.1, 0.15) is 64.7 Å². The fourth-order valence-corrected chi connectivity index (χ4v) is 4.81. The molecule has 9 heteroatoms. The van der Waals surface area contributed by atoms with Gasteiger partial charge in [-0.15, -0.1) is 0 Å². The molecular formula is C21H30F6O3. The van der Waals surface area contributed by atoms with E-state index in [0.29, 0.717) is 18.8 Å². The third kappa shape index (κ3) is 5.62. The molecule has 0 saturated heterocycles. The summed E-state index contributed by atoms with van der Waals surface area (Å²) in [7, 11) is 0. The monoisotopic (exact) mass is 444 g/mol. The Morgan fingerprint density at radius 1 is 0.800 bits per heavy atom. The van der Waals surface area contributed by atoms with Crippen molar-refractivity contribution in [1.82, 2.24) is 0 Å². The summed E-state index contributed by atoms with van der Waals surface area (Å²) in [5, 5.41) is 0. The van der Waals surface area contributed by atoms with E-state index in [4.69, 9.17) is 4.74 Å². The number of hydrogen-bond acceptors (Lipinski definition) is 3. The van der Waals surface area contributed by atoms with Crippen molar-refractivity contribution in [1.29, 1.82) is 0 Å². The summed E-state index contributed by atoms with van der Waals surface area (Å²) in [4.78, 5) is 12.3. The van der Waals surface area contributed by atoms with Crippen LogP contribution in [0.4, 0.5) is 26.3 Å². The van der Waals surface area contributed by atoms with Crippen molar-refractivity contribution < 1.29 is 40.6 Å². The van der Waals surface area contributed by atoms with E-state index in [0.717, 1.165) is 12.8 Å². The van der Waals surface area contributed by atoms with Crippen molar-refractivity contribution in [3.63, 3.8) is 0 Å². The average molecular weight is 444 g/mol. The minimum Gasteiger partial charge on any atom is -0.462 e. The molecule has 0 amide bonds. The Labute approximate surface area is 172 Å². The molecule has 0 aromatic rings. The molecule has 174 valence electrons. The third-order valence-corrected chi connectivity index (χ3v) is 6.78. The van der Waals surface area contributed by atoms with Gasteiger partial charge in [0.2, 0.25) is 0 Å². The first-order valence-corrected chi connectivity index (χ1v) is 10.9. The maximum atomic E-state index is 14.5. The molecule has 0 bridgehead atoms. The lowest BCUT2D eigenvalue weighted by Gasteiger charge is -2.39. The van der Waals surface area contributed by atoms with Gasteiger partial charge in [-0.3, -0.25) is 4.79 Å². The Bertz CT molecular complexity index is 571. The molecule has 0 spiro atoms. The van der Waals surface area contributed by atoms with E-state index in [2.05, 4.69) is 11.7 Å². The maximum Gasteiger partial charge on any atom is 0.361 e. The Morgan fingerprint density at radius 3 is 1.93 bits per heavy atom. The molecule has 0 radical (unpaired) electrons. The topological polar surface area (TPSA) is 35.5 Å². The molecule has 0 aromatic carbocycles. The first-order valence-electron chi connectivity index (χ1n) is 10.9. The second-order valence-corrected chi connectivity index (χ2v) is 9.20. The van der Waals surface area contributed by atoms with Crippen molar-refractivity contribution in [2.75, 3.05) is 0 Å². The predicted octanol–water partition coefficient (Wildman–Crippen LogP) is 5.65. The molecular weight excluding hydrogens is 414 g/mol. The third-order valence-electron chi connectivity index (χ3n) is 6.78. The maximum absolute atomic E-state index is 14.5. The summed E-state index contributed by atoms with van der Waals surface area (Å²) in [5.41, 5.74) is 0. The summed E-state index contributed by atoms with van der Waals surface area (Å²) in [6, 6.07) is 0. The van der Waals surface area contributed by atoms with Crippen LogP contribution >= 0.6 is 0 Å². The quantitative estimate of drug-likeness (QED) is 0.406. The number of ether oxygens (including phenoxy) is 2. The highest BCUT2D eigenvalue weighted by molar-refractivity contribution is 5.72. The van der Waals surface area contributed by atoms with Gasteiger partial charge in [0.05, 0.1) is 17.9 Å². The number of alkyl halides is 6. The van der Waals surface area contributed by atoms with Crippen LogP contribution in [0.5, 0.6) is 0 Å². The number of carbonyl (C=O) groups is 1. The van der Waals surface area contributed by atoms with E-state index in [1.54, 1.807) is 0 Å². The lowest BCUT2D eigenvalue weighted by atomic mass is 9.82. The van der Waals surface area contributed by atoms with Gasteiger partial charge < -0.3 is 9.47 Å². The van der Waals surface area contributed by atoms with Crippen molar-refractivity contribution in [2.45, 2.75) is 108 Å². The Hall–Kier alpha value is -0.990. The van der Waals surface area contributed by atoms with E-state index < -0.39 is 67.7 Å². The van der Waals surface area contributed by atoms with Gasteiger partial charge in [-0.1, -0.05) is 6.92 Å². The molecule has 3 rings (SSSR count). The van der Waals surface area contributed by atoms with Gasteiger partial charge in [-0.05, 0) is 44.4 Å². The lowest BCUT2D eigenvalue weighted by molar-refractivity contribution is -0.315. The summed E-state index contributed by atoms with van der Waals surface area (Å²) in [6.07, 6.45) is -13.7. The second-order valence-electron chi connectivity index (χ2n) is 9.20. The summed E-state index contributed by atoms with van der Waals surface area (Å²) in [5.74, 6) is -1.87. The molecule has 5 unspecified atom stereocenters. The molecule has 3 aliphatic carbocycles. The van der Waals surface area contributed by atoms with Crippen LogP contribution in [-0.4, -0.2) is 49.0 Å². The fraction of sp³-hybridized carbons (Fsp3) is 0.952. The largest absolute Gasteiger partial charge is 0.462 e. The van der Waals surface area contributed by atoms with Crippen LogP contribution in [0.3, 0.4) is 0 Å². The standard InChI is InChI=1S/C21H30F6O3/c1-11-2-4-12(5-3-11)20(28)29-13-6-7-15(16(22)8-13)21(26,27)30-14-9-17(23)19(25)18(24)10-14/h11-19H,2-10H2,1H3. The lowest BCUT2D eigenvalue weighted by Crippen LogP contribution is -2.48. The number of hydrogen-bond donors (Lipinski definition) is 0. The van der Waals surface area contributed by atoms with Gasteiger partial charge >= 0.3 is 12.1 Å². The molecule has 3 nitrogen and oxygen atoms in total. The molecule has 3 aliphatic rings. The Kier molecular flexibility index (Phi) is 7.62. The summed E-state index contributed by atoms with van der Waals surface area (Å²) >= 11 is 0. The summed E-state index contributed by atoms with van der Waals surface area (Å²) in [6.45, 7) is 2.11. The second kappa shape index (κ2) is 9.65. The van der Waals surface area contributed by atoms with Gasteiger partial charge in [0, 0.05) is 19.3 Å². The molecule has 0 aliphatic heterocycles. The van der Waals surface area contributed by atoms with Gasteiger partial charge in [-0.2, -0.15) is 8.78 Å². The molecule has 0 heterocycles. The number of esters is 1. The zero-order valence-corrected chi connectivity index (χ0v) is 17.1. The van der Waals surface area contributed by atoms with E-state index in [1.165, 1.54) is 0 Å².